The van der Waals surface area contributed by atoms with Gasteiger partial charge in [0.05, 0.1) is 34.0 Å². The van der Waals surface area contributed by atoms with E-state index in [1.165, 1.54) is 0 Å². The molecule has 0 bridgehead atoms. The average molecular weight is 586 g/mol. The number of hydroxylamine groups is 1. The fourth-order valence-corrected chi connectivity index (χ4v) is 5.12. The van der Waals surface area contributed by atoms with Crippen molar-refractivity contribution in [3.05, 3.63) is 63.9 Å². The molecule has 0 saturated heterocycles. The highest BCUT2D eigenvalue weighted by atomic mass is 35.5. The van der Waals surface area contributed by atoms with Crippen molar-refractivity contribution in [1.29, 1.82) is 0 Å². The molecule has 0 aliphatic heterocycles. The van der Waals surface area contributed by atoms with Gasteiger partial charge in [-0.2, -0.15) is 5.48 Å². The number of aromatic nitrogens is 2. The van der Waals surface area contributed by atoms with Crippen molar-refractivity contribution in [3.8, 4) is 28.3 Å². The summed E-state index contributed by atoms with van der Waals surface area (Å²) in [5.41, 5.74) is 5.53. The third kappa shape index (κ3) is 7.71. The van der Waals surface area contributed by atoms with Crippen molar-refractivity contribution in [2.75, 3.05) is 27.2 Å². The van der Waals surface area contributed by atoms with E-state index in [0.29, 0.717) is 44.9 Å². The van der Waals surface area contributed by atoms with Gasteiger partial charge in [0.15, 0.2) is 0 Å². The lowest BCUT2D eigenvalue weighted by atomic mass is 9.89. The summed E-state index contributed by atoms with van der Waals surface area (Å²) in [7, 11) is 4.01. The lowest BCUT2D eigenvalue weighted by molar-refractivity contribution is -0.155. The zero-order valence-corrected chi connectivity index (χ0v) is 24.5. The number of ether oxygens (including phenoxy) is 1. The van der Waals surface area contributed by atoms with Crippen molar-refractivity contribution in [2.24, 2.45) is 5.92 Å². The Morgan fingerprint density at radius 3 is 2.52 bits per heavy atom. The molecule has 8 nitrogen and oxygen atoms in total. The van der Waals surface area contributed by atoms with E-state index in [-0.39, 0.29) is 11.6 Å². The number of carbonyl (C=O) groups is 2. The van der Waals surface area contributed by atoms with E-state index >= 15 is 0 Å². The summed E-state index contributed by atoms with van der Waals surface area (Å²) in [5.74, 6) is -0.742. The minimum atomic E-state index is -0.631. The Kier molecular flexibility index (Phi) is 10.4. The molecule has 0 atom stereocenters. The van der Waals surface area contributed by atoms with Crippen LogP contribution in [0.4, 0.5) is 0 Å². The van der Waals surface area contributed by atoms with Gasteiger partial charge in [0.1, 0.15) is 11.4 Å². The standard InChI is InChI=1S/C30H34Cl2N4O4/c1-19-16-24(32)28(33-18-19)22-11-13-25(29(37)35-40-30(38)20-8-5-4-6-9-20)34-27(22)21-10-12-23(31)26(17-21)39-15-7-14-36(2)3/h10-13,16-18,20H,4-9,14-15H2,1-3H3,(H,35,37). The Bertz CT molecular complexity index is 1360. The Morgan fingerprint density at radius 2 is 1.80 bits per heavy atom. The number of benzene rings is 1. The van der Waals surface area contributed by atoms with Crippen LogP contribution in [0.25, 0.3) is 22.5 Å². The van der Waals surface area contributed by atoms with Crippen LogP contribution >= 0.6 is 23.2 Å². The lowest BCUT2D eigenvalue weighted by Gasteiger charge is -2.19. The first-order valence-electron chi connectivity index (χ1n) is 13.4. The van der Waals surface area contributed by atoms with E-state index in [4.69, 9.17) is 32.8 Å². The molecule has 0 spiro atoms. The number of halogens is 2. The molecule has 0 unspecified atom stereocenters. The number of hydrogen-bond acceptors (Lipinski definition) is 7. The van der Waals surface area contributed by atoms with Crippen LogP contribution in [0.1, 0.15) is 54.6 Å². The molecular weight excluding hydrogens is 551 g/mol. The fraction of sp³-hybridized carbons (Fsp3) is 0.400. The van der Waals surface area contributed by atoms with Crippen LogP contribution in [0.2, 0.25) is 10.0 Å². The van der Waals surface area contributed by atoms with Gasteiger partial charge < -0.3 is 14.5 Å². The highest BCUT2D eigenvalue weighted by molar-refractivity contribution is 6.33. The number of nitrogens with one attached hydrogen (secondary N) is 1. The topological polar surface area (TPSA) is 93.6 Å². The van der Waals surface area contributed by atoms with Crippen molar-refractivity contribution >= 4 is 35.1 Å². The number of nitrogens with zero attached hydrogens (tertiary/aromatic N) is 3. The maximum atomic E-state index is 13.0. The second-order valence-electron chi connectivity index (χ2n) is 10.3. The molecule has 1 aliphatic rings. The second kappa shape index (κ2) is 13.9. The number of hydrogen-bond donors (Lipinski definition) is 1. The number of aryl methyl sites for hydroxylation is 1. The van der Waals surface area contributed by atoms with Crippen LogP contribution in [0.5, 0.6) is 5.75 Å². The smallest absolute Gasteiger partial charge is 0.335 e. The molecule has 4 rings (SSSR count). The molecule has 1 saturated carbocycles. The van der Waals surface area contributed by atoms with E-state index in [2.05, 4.69) is 20.3 Å². The van der Waals surface area contributed by atoms with E-state index < -0.39 is 11.9 Å². The summed E-state index contributed by atoms with van der Waals surface area (Å²) in [5, 5.41) is 0.918. The molecular formula is C30H34Cl2N4O4. The Morgan fingerprint density at radius 1 is 1.02 bits per heavy atom. The van der Waals surface area contributed by atoms with Crippen molar-refractivity contribution in [1.82, 2.24) is 20.3 Å². The summed E-state index contributed by atoms with van der Waals surface area (Å²) in [4.78, 5) is 41.8. The third-order valence-corrected chi connectivity index (χ3v) is 7.36. The first-order valence-corrected chi connectivity index (χ1v) is 14.2. The van der Waals surface area contributed by atoms with Gasteiger partial charge in [0.2, 0.25) is 0 Å². The number of rotatable bonds is 9. The Labute approximate surface area is 245 Å². The van der Waals surface area contributed by atoms with E-state index in [9.17, 15) is 9.59 Å². The lowest BCUT2D eigenvalue weighted by Crippen LogP contribution is -2.31. The largest absolute Gasteiger partial charge is 0.492 e. The molecule has 40 heavy (non-hydrogen) atoms. The molecule has 3 aromatic rings. The first kappa shape index (κ1) is 29.8. The van der Waals surface area contributed by atoms with Gasteiger partial charge >= 0.3 is 11.9 Å². The molecule has 0 radical (unpaired) electrons. The van der Waals surface area contributed by atoms with Gasteiger partial charge in [-0.3, -0.25) is 9.78 Å². The van der Waals surface area contributed by atoms with Crippen LogP contribution in [0.3, 0.4) is 0 Å². The van der Waals surface area contributed by atoms with Crippen LogP contribution in [-0.4, -0.2) is 54.0 Å². The quantitative estimate of drug-likeness (QED) is 0.226. The number of amides is 1. The highest BCUT2D eigenvalue weighted by Gasteiger charge is 2.24. The van der Waals surface area contributed by atoms with Crippen molar-refractivity contribution < 1.29 is 19.2 Å². The summed E-state index contributed by atoms with van der Waals surface area (Å²) >= 11 is 13.0. The minimum Gasteiger partial charge on any atom is -0.492 e. The van der Waals surface area contributed by atoms with Crippen LogP contribution in [0, 0.1) is 12.8 Å². The van der Waals surface area contributed by atoms with Gasteiger partial charge in [0.25, 0.3) is 0 Å². The maximum Gasteiger partial charge on any atom is 0.335 e. The number of carbonyl (C=O) groups excluding carboxylic acids is 2. The van der Waals surface area contributed by atoms with E-state index in [1.54, 1.807) is 36.5 Å². The Balaban J connectivity index is 1.64. The van der Waals surface area contributed by atoms with Gasteiger partial charge in [0, 0.05) is 23.9 Å². The summed E-state index contributed by atoms with van der Waals surface area (Å²) in [6, 6.07) is 10.4. The van der Waals surface area contributed by atoms with Crippen LogP contribution < -0.4 is 10.2 Å². The van der Waals surface area contributed by atoms with Crippen LogP contribution in [0.15, 0.2) is 42.6 Å². The summed E-state index contributed by atoms with van der Waals surface area (Å²) < 4.78 is 5.97. The number of pyridine rings is 2. The third-order valence-electron chi connectivity index (χ3n) is 6.76. The normalized spacial score (nSPS) is 13.8. The summed E-state index contributed by atoms with van der Waals surface area (Å²) in [6.07, 6.45) is 7.17. The molecule has 1 fully saturated rings. The van der Waals surface area contributed by atoms with Gasteiger partial charge in [-0.25, -0.2) is 9.78 Å². The fourth-order valence-electron chi connectivity index (χ4n) is 4.62. The molecule has 1 N–H and O–H groups in total. The van der Waals surface area contributed by atoms with Gasteiger partial charge in [-0.1, -0.05) is 48.5 Å². The zero-order chi connectivity index (χ0) is 28.6. The van der Waals surface area contributed by atoms with Gasteiger partial charge in [-0.05, 0) is 76.2 Å². The van der Waals surface area contributed by atoms with E-state index in [1.807, 2.05) is 27.1 Å². The predicted molar refractivity (Wildman–Crippen MR) is 156 cm³/mol. The molecule has 2 aromatic heterocycles. The monoisotopic (exact) mass is 584 g/mol. The highest BCUT2D eigenvalue weighted by Crippen LogP contribution is 2.37. The maximum absolute atomic E-state index is 13.0. The van der Waals surface area contributed by atoms with E-state index in [0.717, 1.165) is 50.6 Å². The van der Waals surface area contributed by atoms with Gasteiger partial charge in [-0.15, -0.1) is 0 Å². The molecule has 1 aromatic carbocycles. The first-order chi connectivity index (χ1) is 19.2. The molecule has 1 aliphatic carbocycles. The SMILES string of the molecule is Cc1cnc(-c2ccc(C(=O)NOC(=O)C3CCCCC3)nc2-c2ccc(Cl)c(OCCCN(C)C)c2)c(Cl)c1. The minimum absolute atomic E-state index is 0.0711. The van der Waals surface area contributed by atoms with Crippen LogP contribution in [-0.2, 0) is 9.63 Å². The molecule has 10 heteroatoms. The predicted octanol–water partition coefficient (Wildman–Crippen LogP) is 6.52. The summed E-state index contributed by atoms with van der Waals surface area (Å²) in [6.45, 7) is 3.27. The Hall–Kier alpha value is -3.20. The molecule has 2 heterocycles. The molecule has 1 amide bonds. The average Bonchev–Trinajstić information content (AvgIpc) is 2.95. The second-order valence-corrected chi connectivity index (χ2v) is 11.1. The zero-order valence-electron chi connectivity index (χ0n) is 23.0. The van der Waals surface area contributed by atoms with Crippen molar-refractivity contribution in [2.45, 2.75) is 45.4 Å². The molecule has 212 valence electrons. The van der Waals surface area contributed by atoms with Crippen molar-refractivity contribution in [3.63, 3.8) is 0 Å².